The van der Waals surface area contributed by atoms with E-state index in [1.54, 1.807) is 14.1 Å². The van der Waals surface area contributed by atoms with Crippen molar-refractivity contribution in [1.29, 1.82) is 0 Å². The van der Waals surface area contributed by atoms with Crippen molar-refractivity contribution in [3.8, 4) is 0 Å². The first-order chi connectivity index (χ1) is 7.50. The Morgan fingerprint density at radius 2 is 2.06 bits per heavy atom. The molecule has 1 rings (SSSR count). The highest BCUT2D eigenvalue weighted by Crippen LogP contribution is 2.22. The number of nitrogens with two attached hydrogens (primary N) is 1. The molecule has 2 unspecified atom stereocenters. The Kier molecular flexibility index (Phi) is 4.73. The van der Waals surface area contributed by atoms with E-state index in [4.69, 9.17) is 5.73 Å². The van der Waals surface area contributed by atoms with Gasteiger partial charge in [-0.25, -0.2) is 0 Å². The van der Waals surface area contributed by atoms with Gasteiger partial charge in [-0.2, -0.15) is 0 Å². The molecule has 0 heterocycles. The maximum atomic E-state index is 11.7. The number of hydrogen-bond donors (Lipinski definition) is 2. The monoisotopic (exact) mass is 227 g/mol. The van der Waals surface area contributed by atoms with E-state index in [0.717, 1.165) is 25.7 Å². The van der Waals surface area contributed by atoms with Gasteiger partial charge in [-0.15, -0.1) is 0 Å². The number of amides is 2. The van der Waals surface area contributed by atoms with Crippen LogP contribution in [0.3, 0.4) is 0 Å². The highest BCUT2D eigenvalue weighted by molar-refractivity contribution is 5.85. The Morgan fingerprint density at radius 1 is 1.38 bits per heavy atom. The summed E-state index contributed by atoms with van der Waals surface area (Å²) in [4.78, 5) is 24.5. The van der Waals surface area contributed by atoms with E-state index in [2.05, 4.69) is 5.32 Å². The third kappa shape index (κ3) is 3.81. The Balaban J connectivity index is 2.32. The summed E-state index contributed by atoms with van der Waals surface area (Å²) in [6.45, 7) is 0.0809. The molecule has 5 heteroatoms. The number of nitrogens with one attached hydrogen (secondary N) is 1. The van der Waals surface area contributed by atoms with Crippen LogP contribution in [0.1, 0.15) is 25.7 Å². The molecule has 1 fully saturated rings. The third-order valence-electron chi connectivity index (χ3n) is 3.00. The van der Waals surface area contributed by atoms with Crippen molar-refractivity contribution in [3.05, 3.63) is 0 Å². The minimum absolute atomic E-state index is 0.0151. The van der Waals surface area contributed by atoms with Crippen molar-refractivity contribution in [1.82, 2.24) is 10.2 Å². The van der Waals surface area contributed by atoms with Crippen LogP contribution in [-0.4, -0.2) is 43.4 Å². The lowest BCUT2D eigenvalue weighted by Gasteiger charge is -2.25. The maximum Gasteiger partial charge on any atom is 0.241 e. The molecule has 1 aliphatic carbocycles. The molecule has 92 valence electrons. The molecular formula is C11H21N3O2. The van der Waals surface area contributed by atoms with E-state index in [1.807, 2.05) is 0 Å². The maximum absolute atomic E-state index is 11.7. The average molecular weight is 227 g/mol. The number of likely N-dealkylation sites (N-methyl/N-ethyl adjacent to an activating group) is 1. The first-order valence-corrected chi connectivity index (χ1v) is 5.74. The molecule has 0 aromatic carbocycles. The Bertz CT molecular complexity index is 266. The molecule has 0 bridgehead atoms. The summed E-state index contributed by atoms with van der Waals surface area (Å²) in [6, 6.07) is 0.133. The largest absolute Gasteiger partial charge is 0.347 e. The van der Waals surface area contributed by atoms with Gasteiger partial charge in [0.15, 0.2) is 0 Å². The molecule has 3 N–H and O–H groups in total. The van der Waals surface area contributed by atoms with Crippen LogP contribution in [0, 0.1) is 5.92 Å². The number of nitrogens with zero attached hydrogens (tertiary/aromatic N) is 1. The minimum atomic E-state index is -0.0894. The SMILES string of the molecule is CN(C)C(=O)CNC(=O)C1CCCC(N)C1. The van der Waals surface area contributed by atoms with Crippen LogP contribution in [0.2, 0.25) is 0 Å². The van der Waals surface area contributed by atoms with Gasteiger partial charge in [0.1, 0.15) is 0 Å². The van der Waals surface area contributed by atoms with Crippen LogP contribution in [-0.2, 0) is 9.59 Å². The Labute approximate surface area is 96.4 Å². The van der Waals surface area contributed by atoms with E-state index >= 15 is 0 Å². The summed E-state index contributed by atoms with van der Waals surface area (Å²) in [7, 11) is 3.34. The van der Waals surface area contributed by atoms with Crippen molar-refractivity contribution in [2.45, 2.75) is 31.7 Å². The molecule has 0 saturated heterocycles. The predicted molar refractivity (Wildman–Crippen MR) is 61.6 cm³/mol. The van der Waals surface area contributed by atoms with Crippen LogP contribution in [0.15, 0.2) is 0 Å². The molecule has 0 aromatic heterocycles. The topological polar surface area (TPSA) is 75.4 Å². The minimum Gasteiger partial charge on any atom is -0.347 e. The van der Waals surface area contributed by atoms with Crippen LogP contribution >= 0.6 is 0 Å². The lowest BCUT2D eigenvalue weighted by Crippen LogP contribution is -2.42. The highest BCUT2D eigenvalue weighted by atomic mass is 16.2. The summed E-state index contributed by atoms with van der Waals surface area (Å²) in [5.74, 6) is -0.141. The van der Waals surface area contributed by atoms with Gasteiger partial charge in [-0.1, -0.05) is 6.42 Å². The van der Waals surface area contributed by atoms with E-state index in [9.17, 15) is 9.59 Å². The molecular weight excluding hydrogens is 206 g/mol. The van der Waals surface area contributed by atoms with Crippen molar-refractivity contribution in [2.75, 3.05) is 20.6 Å². The van der Waals surface area contributed by atoms with Gasteiger partial charge in [0.25, 0.3) is 0 Å². The summed E-state index contributed by atoms with van der Waals surface area (Å²) in [6.07, 6.45) is 3.62. The molecule has 2 atom stereocenters. The lowest BCUT2D eigenvalue weighted by molar-refractivity contribution is -0.132. The summed E-state index contributed by atoms with van der Waals surface area (Å²) in [5, 5.41) is 2.67. The second-order valence-electron chi connectivity index (χ2n) is 4.63. The molecule has 0 aromatic rings. The van der Waals surface area contributed by atoms with E-state index < -0.39 is 0 Å². The summed E-state index contributed by atoms with van der Waals surface area (Å²) < 4.78 is 0. The molecule has 1 saturated carbocycles. The van der Waals surface area contributed by atoms with E-state index in [0.29, 0.717) is 0 Å². The Morgan fingerprint density at radius 3 is 2.62 bits per heavy atom. The van der Waals surface area contributed by atoms with Gasteiger partial charge >= 0.3 is 0 Å². The fraction of sp³-hybridized carbons (Fsp3) is 0.818. The van der Waals surface area contributed by atoms with Gasteiger partial charge < -0.3 is 16.0 Å². The fourth-order valence-electron chi connectivity index (χ4n) is 1.93. The number of hydrogen-bond acceptors (Lipinski definition) is 3. The predicted octanol–water partition coefficient (Wildman–Crippen LogP) is -0.292. The van der Waals surface area contributed by atoms with Gasteiger partial charge in [-0.05, 0) is 19.3 Å². The molecule has 5 nitrogen and oxygen atoms in total. The number of rotatable bonds is 3. The first kappa shape index (κ1) is 13.0. The smallest absolute Gasteiger partial charge is 0.241 e. The van der Waals surface area contributed by atoms with Crippen LogP contribution in [0.25, 0.3) is 0 Å². The third-order valence-corrected chi connectivity index (χ3v) is 3.00. The zero-order valence-electron chi connectivity index (χ0n) is 10.0. The Hall–Kier alpha value is -1.10. The van der Waals surface area contributed by atoms with Crippen LogP contribution < -0.4 is 11.1 Å². The zero-order valence-corrected chi connectivity index (χ0v) is 10.0. The summed E-state index contributed by atoms with van der Waals surface area (Å²) in [5.41, 5.74) is 5.81. The van der Waals surface area contributed by atoms with Gasteiger partial charge in [0.05, 0.1) is 6.54 Å². The van der Waals surface area contributed by atoms with Crippen molar-refractivity contribution in [2.24, 2.45) is 11.7 Å². The zero-order chi connectivity index (χ0) is 12.1. The highest BCUT2D eigenvalue weighted by Gasteiger charge is 2.25. The van der Waals surface area contributed by atoms with Crippen LogP contribution in [0.4, 0.5) is 0 Å². The second kappa shape index (κ2) is 5.84. The standard InChI is InChI=1S/C11H21N3O2/c1-14(2)10(15)7-13-11(16)8-4-3-5-9(12)6-8/h8-9H,3-7,12H2,1-2H3,(H,13,16). The molecule has 1 aliphatic rings. The lowest BCUT2D eigenvalue weighted by atomic mass is 9.85. The van der Waals surface area contributed by atoms with Crippen molar-refractivity contribution < 1.29 is 9.59 Å². The average Bonchev–Trinajstić information content (AvgIpc) is 2.25. The number of carbonyl (C=O) groups is 2. The molecule has 0 radical (unpaired) electrons. The molecule has 0 spiro atoms. The van der Waals surface area contributed by atoms with Gasteiger partial charge in [0, 0.05) is 26.1 Å². The number of carbonyl (C=O) groups excluding carboxylic acids is 2. The van der Waals surface area contributed by atoms with E-state index in [1.165, 1.54) is 4.90 Å². The fourth-order valence-corrected chi connectivity index (χ4v) is 1.93. The van der Waals surface area contributed by atoms with E-state index in [-0.39, 0.29) is 30.3 Å². The van der Waals surface area contributed by atoms with Crippen molar-refractivity contribution >= 4 is 11.8 Å². The molecule has 0 aliphatic heterocycles. The molecule has 2 amide bonds. The normalized spacial score (nSPS) is 24.9. The van der Waals surface area contributed by atoms with Gasteiger partial charge in [-0.3, -0.25) is 9.59 Å². The summed E-state index contributed by atoms with van der Waals surface area (Å²) >= 11 is 0. The van der Waals surface area contributed by atoms with Crippen LogP contribution in [0.5, 0.6) is 0 Å². The van der Waals surface area contributed by atoms with Gasteiger partial charge in [0.2, 0.25) is 11.8 Å². The first-order valence-electron chi connectivity index (χ1n) is 5.74. The quantitative estimate of drug-likeness (QED) is 0.695. The van der Waals surface area contributed by atoms with Crippen molar-refractivity contribution in [3.63, 3.8) is 0 Å². The molecule has 16 heavy (non-hydrogen) atoms. The second-order valence-corrected chi connectivity index (χ2v) is 4.63.